The molecule has 0 spiro atoms. The molecule has 3 aliphatic heterocycles. The minimum absolute atomic E-state index is 0.0766. The van der Waals surface area contributed by atoms with Crippen molar-refractivity contribution < 1.29 is 105 Å². The zero-order chi connectivity index (χ0) is 74.8. The molecule has 17 atom stereocenters. The highest BCUT2D eigenvalue weighted by Crippen LogP contribution is 2.41. The van der Waals surface area contributed by atoms with Gasteiger partial charge in [-0.15, -0.1) is 0 Å². The number of carbonyl (C=O) groups excluding carboxylic acids is 5. The lowest BCUT2D eigenvalue weighted by Gasteiger charge is -2.48. The number of hydrogen-bond acceptors (Lipinski definition) is 22. The Kier molecular flexibility index (Phi) is 28.7. The van der Waals surface area contributed by atoms with Crippen LogP contribution in [0.2, 0.25) is 36.3 Å². The van der Waals surface area contributed by atoms with Gasteiger partial charge < -0.3 is 108 Å². The Morgan fingerprint density at radius 1 is 0.404 bits per heavy atom. The summed E-state index contributed by atoms with van der Waals surface area (Å²) in [5.74, 6) is 0. The van der Waals surface area contributed by atoms with Crippen LogP contribution in [0, 0.1) is 0 Å². The van der Waals surface area contributed by atoms with Gasteiger partial charge in [0.1, 0.15) is 94.0 Å². The lowest BCUT2D eigenvalue weighted by atomic mass is 9.83. The molecule has 0 unspecified atom stereocenters. The van der Waals surface area contributed by atoms with Crippen LogP contribution >= 0.6 is 0 Å². The summed E-state index contributed by atoms with van der Waals surface area (Å²) in [6.07, 6.45) is -25.2. The van der Waals surface area contributed by atoms with Crippen LogP contribution in [0.25, 0.3) is 0 Å². The predicted molar refractivity (Wildman–Crippen MR) is 384 cm³/mol. The van der Waals surface area contributed by atoms with Crippen molar-refractivity contribution in [2.45, 2.75) is 234 Å². The molecule has 568 valence electrons. The van der Waals surface area contributed by atoms with E-state index < -0.39 is 158 Å². The maximum absolute atomic E-state index is 14.4. The average molecular weight is 1480 g/mol. The summed E-state index contributed by atoms with van der Waals surface area (Å²) in [7, 11) is -5.14. The van der Waals surface area contributed by atoms with E-state index in [9.17, 15) is 44.4 Å². The van der Waals surface area contributed by atoms with Gasteiger partial charge in [-0.05, 0) is 83.3 Å². The fourth-order valence-corrected chi connectivity index (χ4v) is 13.7. The minimum Gasteiger partial charge on any atom is -0.445 e. The van der Waals surface area contributed by atoms with Gasteiger partial charge in [-0.3, -0.25) is 0 Å². The molecule has 5 aromatic rings. The van der Waals surface area contributed by atoms with E-state index in [1.807, 2.05) is 70.3 Å². The van der Waals surface area contributed by atoms with E-state index in [2.05, 4.69) is 60.4 Å². The number of amides is 5. The molecule has 104 heavy (non-hydrogen) atoms. The van der Waals surface area contributed by atoms with Gasteiger partial charge in [0.2, 0.25) is 0 Å². The minimum atomic E-state index is -2.73. The van der Waals surface area contributed by atoms with Gasteiger partial charge in [-0.1, -0.05) is 193 Å². The van der Waals surface area contributed by atoms with E-state index >= 15 is 0 Å². The molecule has 4 aliphatic rings. The number of rotatable bonds is 28. The van der Waals surface area contributed by atoms with Crippen molar-refractivity contribution in [3.8, 4) is 0 Å². The maximum atomic E-state index is 14.4. The molecule has 27 nitrogen and oxygen atoms in total. The Bertz CT molecular complexity index is 3490. The summed E-state index contributed by atoms with van der Waals surface area (Å²) in [5, 5.41) is 63.2. The number of ether oxygens (including phenoxy) is 11. The van der Waals surface area contributed by atoms with Crippen LogP contribution in [0.15, 0.2) is 152 Å². The second-order valence-electron chi connectivity index (χ2n) is 29.5. The van der Waals surface area contributed by atoms with Crippen molar-refractivity contribution in [2.24, 2.45) is 0 Å². The van der Waals surface area contributed by atoms with E-state index in [4.69, 9.17) is 61.0 Å². The van der Waals surface area contributed by atoms with E-state index in [1.165, 1.54) is 0 Å². The lowest BCUT2D eigenvalue weighted by molar-refractivity contribution is -0.294. The Morgan fingerprint density at radius 3 is 1.24 bits per heavy atom. The SMILES string of the molecule is CC(C)(C)[Si](C)(C)OC[C@@H]1CC[C@@H](NC(=O)OCc2ccccc2)[C@@H](O[C@H]2[C@H](O[C@@H]3O[C@H](CO[Si](C)(C)C(C)(C)C)[C@@H](O[C@H]4O[C@@H](CNC(=O)OCc5ccccc5)[C@@H](O)[C@H](O)[C@H]4NC(=O)OCc4ccccc4)[C@H]3O)[C@@H](O)[C@H](NC(=O)OCc3ccccc3)C[C@@H]2NC(=O)OCc2ccccc2)O1. The first-order valence-corrected chi connectivity index (χ1v) is 41.1. The van der Waals surface area contributed by atoms with Gasteiger partial charge in [0, 0.05) is 6.54 Å². The fraction of sp³-hybridized carbons (Fsp3) is 0.533. The molecule has 29 heteroatoms. The first-order chi connectivity index (χ1) is 49.5. The van der Waals surface area contributed by atoms with Crippen LogP contribution in [0.1, 0.15) is 88.6 Å². The molecule has 0 radical (unpaired) electrons. The molecule has 5 aromatic carbocycles. The number of hydrogen-bond donors (Lipinski definition) is 9. The number of aliphatic hydroxyl groups is 4. The van der Waals surface area contributed by atoms with Crippen LogP contribution in [-0.4, -0.2) is 191 Å². The van der Waals surface area contributed by atoms with Crippen LogP contribution in [-0.2, 0) is 94.0 Å². The van der Waals surface area contributed by atoms with Crippen LogP contribution < -0.4 is 26.6 Å². The highest BCUT2D eigenvalue weighted by atomic mass is 28.4. The molecule has 0 bridgehead atoms. The smallest absolute Gasteiger partial charge is 0.407 e. The zero-order valence-corrected chi connectivity index (χ0v) is 62.7. The third-order valence-corrected chi connectivity index (χ3v) is 28.9. The molecule has 1 saturated carbocycles. The number of carbonyl (C=O) groups is 5. The molecule has 9 N–H and O–H groups in total. The molecule has 3 saturated heterocycles. The highest BCUT2D eigenvalue weighted by molar-refractivity contribution is 6.74. The Hall–Kier alpha value is -7.60. The monoisotopic (exact) mass is 1480 g/mol. The van der Waals surface area contributed by atoms with E-state index in [0.717, 1.165) is 5.56 Å². The molecule has 3 heterocycles. The number of benzene rings is 5. The standard InChI is InChI=1S/C75H103N5O22Si2/c1-74(2,3)103(7,8)95-45-52-36-37-53(77-70(86)91-41-48-28-18-12-19-29-48)66(97-52)100-63-55(79-72(88)93-43-50-32-22-14-23-33-50)38-54(78-71(87)92-42-49-30-20-13-21-31-49)59(81)65(63)102-68-62(84)64(57(99-68)46-96-104(9,10)75(4,5)6)101-67-58(80-73(89)94-44-51-34-24-15-25-35-51)61(83)60(82)56(98-67)39-76-69(85)90-40-47-26-16-11-17-27-47/h11-35,52-68,81-84H,36-46H2,1-10H3,(H,76,85)(H,77,86)(H,78,87)(H,79,88)(H,80,89)/t52-,53+,54+,55-,56-,57+,58+,59-,60+,61+,62+,63+,64+,65+,66+,67+,68-/m0/s1. The second-order valence-corrected chi connectivity index (χ2v) is 39.2. The van der Waals surface area contributed by atoms with Crippen molar-refractivity contribution >= 4 is 47.1 Å². The fourth-order valence-electron chi connectivity index (χ4n) is 11.6. The summed E-state index contributed by atoms with van der Waals surface area (Å²) in [5.41, 5.74) is 3.37. The van der Waals surface area contributed by atoms with E-state index in [-0.39, 0.29) is 69.2 Å². The van der Waals surface area contributed by atoms with Crippen molar-refractivity contribution in [1.29, 1.82) is 0 Å². The maximum Gasteiger partial charge on any atom is 0.407 e. The first-order valence-electron chi connectivity index (χ1n) is 35.3. The molecule has 1 aliphatic carbocycles. The van der Waals surface area contributed by atoms with Crippen molar-refractivity contribution in [2.75, 3.05) is 19.8 Å². The van der Waals surface area contributed by atoms with Gasteiger partial charge in [-0.2, -0.15) is 0 Å². The summed E-state index contributed by atoms with van der Waals surface area (Å²) >= 11 is 0. The lowest BCUT2D eigenvalue weighted by Crippen LogP contribution is -2.68. The average Bonchev–Trinajstić information content (AvgIpc) is 1.32. The van der Waals surface area contributed by atoms with Gasteiger partial charge >= 0.3 is 30.5 Å². The van der Waals surface area contributed by atoms with E-state index in [0.29, 0.717) is 28.7 Å². The first kappa shape index (κ1) is 80.5. The van der Waals surface area contributed by atoms with Gasteiger partial charge in [0.15, 0.2) is 35.5 Å². The summed E-state index contributed by atoms with van der Waals surface area (Å²) in [4.78, 5) is 69.4. The number of aliphatic hydroxyl groups excluding tert-OH is 4. The van der Waals surface area contributed by atoms with Gasteiger partial charge in [-0.25, -0.2) is 24.0 Å². The largest absolute Gasteiger partial charge is 0.445 e. The zero-order valence-electron chi connectivity index (χ0n) is 60.7. The topological polar surface area (TPSA) is 346 Å². The third-order valence-electron chi connectivity index (χ3n) is 19.9. The van der Waals surface area contributed by atoms with Crippen LogP contribution in [0.4, 0.5) is 24.0 Å². The summed E-state index contributed by atoms with van der Waals surface area (Å²) in [6.45, 7) is 19.3. The third kappa shape index (κ3) is 23.0. The Morgan fingerprint density at radius 2 is 0.788 bits per heavy atom. The quantitative estimate of drug-likeness (QED) is 0.0166. The number of nitrogens with one attached hydrogen (secondary N) is 5. The van der Waals surface area contributed by atoms with E-state index in [1.54, 1.807) is 115 Å². The second kappa shape index (κ2) is 37.1. The predicted octanol–water partition coefficient (Wildman–Crippen LogP) is 9.09. The van der Waals surface area contributed by atoms with Crippen LogP contribution in [0.5, 0.6) is 0 Å². The van der Waals surface area contributed by atoms with Gasteiger partial charge in [0.05, 0.1) is 37.4 Å². The van der Waals surface area contributed by atoms with Crippen molar-refractivity contribution in [3.63, 3.8) is 0 Å². The molecule has 9 rings (SSSR count). The molecule has 5 amide bonds. The Balaban J connectivity index is 1.08. The number of alkyl carbamates (subject to hydrolysis) is 5. The molecule has 0 aromatic heterocycles. The van der Waals surface area contributed by atoms with Gasteiger partial charge in [0.25, 0.3) is 0 Å². The summed E-state index contributed by atoms with van der Waals surface area (Å²) < 4.78 is 82.6. The highest BCUT2D eigenvalue weighted by Gasteiger charge is 2.57. The Labute approximate surface area is 609 Å². The molecule has 4 fully saturated rings. The summed E-state index contributed by atoms with van der Waals surface area (Å²) in [6, 6.07) is 39.3. The molecular formula is C75H103N5O22Si2. The molecular weight excluding hydrogens is 1380 g/mol. The normalized spacial score (nSPS) is 27.3. The van der Waals surface area contributed by atoms with Crippen molar-refractivity contribution in [3.05, 3.63) is 179 Å². The van der Waals surface area contributed by atoms with Crippen molar-refractivity contribution in [1.82, 2.24) is 26.6 Å². The van der Waals surface area contributed by atoms with Crippen LogP contribution in [0.3, 0.4) is 0 Å².